The van der Waals surface area contributed by atoms with Crippen molar-refractivity contribution in [2.75, 3.05) is 11.4 Å². The van der Waals surface area contributed by atoms with Crippen molar-refractivity contribution in [3.8, 4) is 6.07 Å². The normalized spacial score (nSPS) is 18.4. The maximum Gasteiger partial charge on any atom is 0.241 e. The summed E-state index contributed by atoms with van der Waals surface area (Å²) in [5.74, 6) is 0.0393. The Hall–Kier alpha value is -1.85. The topological polar surface area (TPSA) is 74.8 Å². The number of hydrogen-bond donors (Lipinski definition) is 0. The van der Waals surface area contributed by atoms with Crippen LogP contribution >= 0.6 is 23.1 Å². The molecule has 0 aliphatic carbocycles. The highest BCUT2D eigenvalue weighted by atomic mass is 32.2. The first-order valence-electron chi connectivity index (χ1n) is 7.28. The molecule has 1 atom stereocenters. The molecule has 2 aromatic rings. The molecule has 2 aromatic heterocycles. The van der Waals surface area contributed by atoms with Crippen LogP contribution in [-0.4, -0.2) is 32.5 Å². The molecule has 0 unspecified atom stereocenters. The zero-order valence-corrected chi connectivity index (χ0v) is 14.8. The highest BCUT2D eigenvalue weighted by Gasteiger charge is 2.36. The lowest BCUT2D eigenvalue weighted by Crippen LogP contribution is -2.28. The Morgan fingerprint density at radius 1 is 1.48 bits per heavy atom. The standard InChI is InChI=1S/C15H17N5OS2/c1-15(2,3)20-9-17-18-14(20)23-11-4-6-19(12(11)21)13-10(8-16)5-7-22-13/h5,7,9,11H,4,6H2,1-3H3/t11-/m1/s1. The van der Waals surface area contributed by atoms with Crippen molar-refractivity contribution in [3.05, 3.63) is 23.3 Å². The van der Waals surface area contributed by atoms with E-state index in [1.165, 1.54) is 23.1 Å². The van der Waals surface area contributed by atoms with Crippen LogP contribution in [-0.2, 0) is 10.3 Å². The van der Waals surface area contributed by atoms with Gasteiger partial charge in [-0.05, 0) is 38.6 Å². The molecular formula is C15H17N5OS2. The fourth-order valence-electron chi connectivity index (χ4n) is 2.45. The van der Waals surface area contributed by atoms with Crippen LogP contribution in [0.15, 0.2) is 22.9 Å². The summed E-state index contributed by atoms with van der Waals surface area (Å²) >= 11 is 2.89. The summed E-state index contributed by atoms with van der Waals surface area (Å²) in [5.41, 5.74) is 0.432. The molecule has 23 heavy (non-hydrogen) atoms. The van der Waals surface area contributed by atoms with E-state index in [-0.39, 0.29) is 16.7 Å². The predicted octanol–water partition coefficient (Wildman–Crippen LogP) is 2.86. The van der Waals surface area contributed by atoms with Gasteiger partial charge in [0.25, 0.3) is 0 Å². The average Bonchev–Trinajstić information content (AvgIpc) is 3.19. The van der Waals surface area contributed by atoms with Gasteiger partial charge in [-0.25, -0.2) is 0 Å². The van der Waals surface area contributed by atoms with Crippen LogP contribution in [0.4, 0.5) is 5.00 Å². The van der Waals surface area contributed by atoms with Crippen molar-refractivity contribution in [1.82, 2.24) is 14.8 Å². The third kappa shape index (κ3) is 2.99. The Morgan fingerprint density at radius 2 is 2.26 bits per heavy atom. The molecule has 0 aromatic carbocycles. The van der Waals surface area contributed by atoms with Crippen molar-refractivity contribution in [3.63, 3.8) is 0 Å². The van der Waals surface area contributed by atoms with Gasteiger partial charge in [0.1, 0.15) is 17.4 Å². The SMILES string of the molecule is CC(C)(C)n1cnnc1S[C@@H]1CCN(c2sccc2C#N)C1=O. The Bertz CT molecular complexity index is 767. The summed E-state index contributed by atoms with van der Waals surface area (Å²) in [7, 11) is 0. The van der Waals surface area contributed by atoms with Crippen LogP contribution < -0.4 is 4.90 Å². The van der Waals surface area contributed by atoms with Crippen molar-refractivity contribution in [1.29, 1.82) is 5.26 Å². The van der Waals surface area contributed by atoms with E-state index in [1.807, 2.05) is 9.95 Å². The first-order chi connectivity index (χ1) is 10.9. The third-order valence-electron chi connectivity index (χ3n) is 3.65. The summed E-state index contributed by atoms with van der Waals surface area (Å²) < 4.78 is 1.99. The number of anilines is 1. The number of thiophene rings is 1. The minimum Gasteiger partial charge on any atom is -0.303 e. The fraction of sp³-hybridized carbons (Fsp3) is 0.467. The average molecular weight is 347 g/mol. The third-order valence-corrected chi connectivity index (χ3v) is 5.80. The second kappa shape index (κ2) is 5.98. The van der Waals surface area contributed by atoms with Gasteiger partial charge in [0, 0.05) is 12.1 Å². The van der Waals surface area contributed by atoms with E-state index in [4.69, 9.17) is 5.26 Å². The molecule has 1 amide bonds. The van der Waals surface area contributed by atoms with Gasteiger partial charge in [-0.3, -0.25) is 4.79 Å². The van der Waals surface area contributed by atoms with Gasteiger partial charge < -0.3 is 9.47 Å². The fourth-order valence-corrected chi connectivity index (χ4v) is 4.57. The van der Waals surface area contributed by atoms with E-state index in [0.717, 1.165) is 16.6 Å². The summed E-state index contributed by atoms with van der Waals surface area (Å²) in [5, 5.41) is 20.4. The Kier molecular flexibility index (Phi) is 4.17. The van der Waals surface area contributed by atoms with Crippen LogP contribution in [0.1, 0.15) is 32.8 Å². The van der Waals surface area contributed by atoms with E-state index < -0.39 is 0 Å². The quantitative estimate of drug-likeness (QED) is 0.853. The summed E-state index contributed by atoms with van der Waals surface area (Å²) in [6.07, 6.45) is 2.44. The highest BCUT2D eigenvalue weighted by Crippen LogP contribution is 2.36. The van der Waals surface area contributed by atoms with E-state index in [9.17, 15) is 4.79 Å². The zero-order valence-electron chi connectivity index (χ0n) is 13.2. The van der Waals surface area contributed by atoms with Crippen LogP contribution in [0.5, 0.6) is 0 Å². The van der Waals surface area contributed by atoms with Crippen molar-refractivity contribution >= 4 is 34.0 Å². The number of thioether (sulfide) groups is 1. The van der Waals surface area contributed by atoms with Gasteiger partial charge in [-0.1, -0.05) is 11.8 Å². The van der Waals surface area contributed by atoms with E-state index in [0.29, 0.717) is 12.1 Å². The largest absolute Gasteiger partial charge is 0.303 e. The molecule has 8 heteroatoms. The Morgan fingerprint density at radius 3 is 2.96 bits per heavy atom. The molecule has 3 rings (SSSR count). The molecule has 1 fully saturated rings. The molecule has 0 saturated carbocycles. The number of nitrogens with zero attached hydrogens (tertiary/aromatic N) is 5. The summed E-state index contributed by atoms with van der Waals surface area (Å²) in [6, 6.07) is 3.90. The molecule has 3 heterocycles. The molecule has 120 valence electrons. The molecular weight excluding hydrogens is 330 g/mol. The first-order valence-corrected chi connectivity index (χ1v) is 9.04. The minimum atomic E-state index is -0.186. The maximum absolute atomic E-state index is 12.7. The molecule has 6 nitrogen and oxygen atoms in total. The highest BCUT2D eigenvalue weighted by molar-refractivity contribution is 8.00. The molecule has 0 N–H and O–H groups in total. The molecule has 1 aliphatic rings. The predicted molar refractivity (Wildman–Crippen MR) is 90.7 cm³/mol. The number of rotatable bonds is 3. The van der Waals surface area contributed by atoms with Crippen molar-refractivity contribution in [2.45, 2.75) is 43.1 Å². The second-order valence-corrected chi connectivity index (χ2v) is 8.36. The Labute approximate surface area is 143 Å². The number of aromatic nitrogens is 3. The number of carbonyl (C=O) groups is 1. The summed E-state index contributed by atoms with van der Waals surface area (Å²) in [6.45, 7) is 6.87. The van der Waals surface area contributed by atoms with Crippen molar-refractivity contribution in [2.24, 2.45) is 0 Å². The van der Waals surface area contributed by atoms with Crippen LogP contribution in [0.3, 0.4) is 0 Å². The van der Waals surface area contributed by atoms with Crippen LogP contribution in [0.25, 0.3) is 0 Å². The smallest absolute Gasteiger partial charge is 0.241 e. The van der Waals surface area contributed by atoms with Gasteiger partial charge >= 0.3 is 0 Å². The molecule has 0 radical (unpaired) electrons. The van der Waals surface area contributed by atoms with Gasteiger partial charge in [0.2, 0.25) is 5.91 Å². The van der Waals surface area contributed by atoms with Crippen LogP contribution in [0.2, 0.25) is 0 Å². The van der Waals surface area contributed by atoms with Crippen LogP contribution in [0, 0.1) is 11.3 Å². The zero-order chi connectivity index (χ0) is 16.6. The van der Waals surface area contributed by atoms with E-state index in [1.54, 1.807) is 17.3 Å². The van der Waals surface area contributed by atoms with Gasteiger partial charge in [0.15, 0.2) is 5.16 Å². The molecule has 1 saturated heterocycles. The maximum atomic E-state index is 12.7. The number of carbonyl (C=O) groups excluding carboxylic acids is 1. The first kappa shape index (κ1) is 16.0. The lowest BCUT2D eigenvalue weighted by atomic mass is 10.1. The van der Waals surface area contributed by atoms with E-state index in [2.05, 4.69) is 37.0 Å². The van der Waals surface area contributed by atoms with Gasteiger partial charge in [-0.2, -0.15) is 5.26 Å². The van der Waals surface area contributed by atoms with Crippen molar-refractivity contribution < 1.29 is 4.79 Å². The molecule has 0 spiro atoms. The Balaban J connectivity index is 1.79. The number of hydrogen-bond acceptors (Lipinski definition) is 6. The lowest BCUT2D eigenvalue weighted by molar-refractivity contribution is -0.116. The number of nitriles is 1. The molecule has 0 bridgehead atoms. The minimum absolute atomic E-state index is 0.0393. The monoisotopic (exact) mass is 347 g/mol. The number of amides is 1. The lowest BCUT2D eigenvalue weighted by Gasteiger charge is -2.22. The van der Waals surface area contributed by atoms with Gasteiger partial charge in [0.05, 0.1) is 10.8 Å². The molecule has 1 aliphatic heterocycles. The second-order valence-electron chi connectivity index (χ2n) is 6.29. The van der Waals surface area contributed by atoms with E-state index >= 15 is 0 Å². The summed E-state index contributed by atoms with van der Waals surface area (Å²) in [4.78, 5) is 14.4. The van der Waals surface area contributed by atoms with Gasteiger partial charge in [-0.15, -0.1) is 21.5 Å².